The number of ether oxygens (including phenoxy) is 2. The number of piperazine rings is 1. The summed E-state index contributed by atoms with van der Waals surface area (Å²) in [6, 6.07) is 17.7. The van der Waals surface area contributed by atoms with Gasteiger partial charge in [-0.3, -0.25) is 4.79 Å². The number of amides is 1. The summed E-state index contributed by atoms with van der Waals surface area (Å²) in [6.45, 7) is 2.90. The van der Waals surface area contributed by atoms with Crippen molar-refractivity contribution >= 4 is 54.6 Å². The highest BCUT2D eigenvalue weighted by Gasteiger charge is 2.25. The number of anilines is 3. The number of benzene rings is 2. The van der Waals surface area contributed by atoms with Crippen LogP contribution in [0, 0.1) is 0 Å². The normalized spacial score (nSPS) is 13.9. The van der Waals surface area contributed by atoms with Crippen molar-refractivity contribution in [3.63, 3.8) is 0 Å². The summed E-state index contributed by atoms with van der Waals surface area (Å²) < 4.78 is 11.9. The second-order valence-electron chi connectivity index (χ2n) is 7.58. The van der Waals surface area contributed by atoms with Crippen LogP contribution in [0.1, 0.15) is 9.67 Å². The van der Waals surface area contributed by atoms with E-state index in [4.69, 9.17) is 9.47 Å². The first kappa shape index (κ1) is 21.5. The number of rotatable bonds is 6. The van der Waals surface area contributed by atoms with E-state index in [1.807, 2.05) is 53.4 Å². The third kappa shape index (κ3) is 4.34. The molecule has 5 rings (SSSR count). The monoisotopic (exact) mass is 480 g/mol. The van der Waals surface area contributed by atoms with E-state index in [-0.39, 0.29) is 5.91 Å². The molecule has 0 radical (unpaired) electrons. The van der Waals surface area contributed by atoms with Crippen molar-refractivity contribution in [2.24, 2.45) is 0 Å². The van der Waals surface area contributed by atoms with E-state index >= 15 is 0 Å². The van der Waals surface area contributed by atoms with E-state index in [2.05, 4.69) is 21.3 Å². The van der Waals surface area contributed by atoms with Gasteiger partial charge in [0.25, 0.3) is 5.91 Å². The zero-order valence-electron chi connectivity index (χ0n) is 18.4. The Labute approximate surface area is 200 Å². The van der Waals surface area contributed by atoms with Gasteiger partial charge in [-0.2, -0.15) is 0 Å². The largest absolute Gasteiger partial charge is 0.495 e. The number of hydrogen-bond acceptors (Lipinski definition) is 8. The van der Waals surface area contributed by atoms with E-state index in [0.717, 1.165) is 55.5 Å². The molecule has 1 saturated heterocycles. The fourth-order valence-corrected chi connectivity index (χ4v) is 6.05. The third-order valence-electron chi connectivity index (χ3n) is 5.64. The molecular formula is C24H24N4O3S2. The smallest absolute Gasteiger partial charge is 0.264 e. The number of thiophene rings is 1. The molecule has 170 valence electrons. The molecule has 7 nitrogen and oxygen atoms in total. The van der Waals surface area contributed by atoms with E-state index < -0.39 is 0 Å². The van der Waals surface area contributed by atoms with Crippen LogP contribution in [0.15, 0.2) is 54.6 Å². The number of hydrogen-bond donors (Lipinski definition) is 1. The molecular weight excluding hydrogens is 456 g/mol. The minimum absolute atomic E-state index is 0.0733. The molecule has 0 atom stereocenters. The van der Waals surface area contributed by atoms with Crippen molar-refractivity contribution in [3.05, 3.63) is 59.5 Å². The number of thiazole rings is 1. The van der Waals surface area contributed by atoms with Crippen LogP contribution in [0.5, 0.6) is 11.5 Å². The molecule has 1 fully saturated rings. The Morgan fingerprint density at radius 2 is 1.64 bits per heavy atom. The first-order chi connectivity index (χ1) is 16.2. The van der Waals surface area contributed by atoms with Crippen LogP contribution in [0.25, 0.3) is 9.53 Å². The molecule has 0 aliphatic carbocycles. The molecule has 4 aromatic rings. The third-order valence-corrected chi connectivity index (χ3v) is 7.71. The number of methoxy groups -OCH3 is 2. The predicted octanol–water partition coefficient (Wildman–Crippen LogP) is 5.08. The Bertz CT molecular complexity index is 1250. The summed E-state index contributed by atoms with van der Waals surface area (Å²) >= 11 is 2.98. The minimum atomic E-state index is 0.0733. The topological polar surface area (TPSA) is 66.9 Å². The van der Waals surface area contributed by atoms with Crippen LogP contribution in [0.2, 0.25) is 0 Å². The van der Waals surface area contributed by atoms with Gasteiger partial charge in [-0.1, -0.05) is 35.6 Å². The summed E-state index contributed by atoms with van der Waals surface area (Å²) in [4.78, 5) is 23.6. The van der Waals surface area contributed by atoms with Crippen LogP contribution in [0.3, 0.4) is 0 Å². The van der Waals surface area contributed by atoms with Crippen molar-refractivity contribution in [2.75, 3.05) is 50.6 Å². The molecule has 3 heterocycles. The van der Waals surface area contributed by atoms with Crippen molar-refractivity contribution in [1.82, 2.24) is 9.88 Å². The van der Waals surface area contributed by atoms with Crippen molar-refractivity contribution in [3.8, 4) is 11.5 Å². The maximum Gasteiger partial charge on any atom is 0.264 e. The first-order valence-corrected chi connectivity index (χ1v) is 12.3. The van der Waals surface area contributed by atoms with Crippen molar-refractivity contribution < 1.29 is 14.3 Å². The minimum Gasteiger partial charge on any atom is -0.495 e. The molecule has 9 heteroatoms. The number of nitrogens with zero attached hydrogens (tertiary/aromatic N) is 3. The van der Waals surface area contributed by atoms with Crippen LogP contribution in [0.4, 0.5) is 16.5 Å². The highest BCUT2D eigenvalue weighted by atomic mass is 32.1. The van der Waals surface area contributed by atoms with Gasteiger partial charge >= 0.3 is 0 Å². The molecule has 0 bridgehead atoms. The lowest BCUT2D eigenvalue weighted by molar-refractivity contribution is 0.0751. The van der Waals surface area contributed by atoms with Gasteiger partial charge in [0.05, 0.1) is 35.2 Å². The second-order valence-corrected chi connectivity index (χ2v) is 9.64. The standard InChI is InChI=1S/C24H24N4O3S2/c1-30-18-9-5-3-7-16(18)25-24-26-22-20(33-24)15-21(32-22)23(29)28-13-11-27(12-14-28)17-8-4-6-10-19(17)31-2/h3-10,15H,11-14H2,1-2H3,(H,25,26). The maximum atomic E-state index is 13.1. The lowest BCUT2D eigenvalue weighted by Gasteiger charge is -2.36. The number of aromatic nitrogens is 1. The Morgan fingerprint density at radius 1 is 0.939 bits per heavy atom. The maximum absolute atomic E-state index is 13.1. The molecule has 33 heavy (non-hydrogen) atoms. The number of carbonyl (C=O) groups is 1. The number of fused-ring (bicyclic) bond motifs is 1. The highest BCUT2D eigenvalue weighted by molar-refractivity contribution is 7.29. The van der Waals surface area contributed by atoms with Crippen LogP contribution in [-0.2, 0) is 0 Å². The van der Waals surface area contributed by atoms with Gasteiger partial charge in [0.15, 0.2) is 5.13 Å². The summed E-state index contributed by atoms with van der Waals surface area (Å²) in [7, 11) is 3.33. The van der Waals surface area contributed by atoms with Gasteiger partial charge in [0, 0.05) is 26.2 Å². The molecule has 0 spiro atoms. The zero-order valence-corrected chi connectivity index (χ0v) is 20.0. The van der Waals surface area contributed by atoms with Crippen molar-refractivity contribution in [1.29, 1.82) is 0 Å². The van der Waals surface area contributed by atoms with Crippen LogP contribution in [-0.4, -0.2) is 56.2 Å². The van der Waals surface area contributed by atoms with E-state index in [1.54, 1.807) is 14.2 Å². The Morgan fingerprint density at radius 3 is 2.36 bits per heavy atom. The van der Waals surface area contributed by atoms with Crippen LogP contribution < -0.4 is 19.7 Å². The molecule has 1 amide bonds. The Balaban J connectivity index is 1.25. The molecule has 2 aromatic heterocycles. The SMILES string of the molecule is COc1ccccc1Nc1nc2sc(C(=O)N3CCN(c4ccccc4OC)CC3)cc2s1. The summed E-state index contributed by atoms with van der Waals surface area (Å²) in [5.41, 5.74) is 1.94. The molecule has 0 unspecified atom stereocenters. The summed E-state index contributed by atoms with van der Waals surface area (Å²) in [5, 5.41) is 4.10. The first-order valence-electron chi connectivity index (χ1n) is 10.6. The van der Waals surface area contributed by atoms with Gasteiger partial charge in [0.1, 0.15) is 16.3 Å². The van der Waals surface area contributed by atoms with E-state index in [0.29, 0.717) is 13.1 Å². The Hall–Kier alpha value is -3.30. The van der Waals surface area contributed by atoms with Gasteiger partial charge in [-0.25, -0.2) is 4.98 Å². The quantitative estimate of drug-likeness (QED) is 0.415. The van der Waals surface area contributed by atoms with Gasteiger partial charge in [0.2, 0.25) is 0 Å². The number of para-hydroxylation sites is 4. The molecule has 2 aromatic carbocycles. The lowest BCUT2D eigenvalue weighted by atomic mass is 10.2. The van der Waals surface area contributed by atoms with Crippen molar-refractivity contribution in [2.45, 2.75) is 0 Å². The zero-order chi connectivity index (χ0) is 22.8. The average molecular weight is 481 g/mol. The predicted molar refractivity (Wildman–Crippen MR) is 135 cm³/mol. The van der Waals surface area contributed by atoms with Gasteiger partial charge in [-0.05, 0) is 30.3 Å². The van der Waals surface area contributed by atoms with Crippen LogP contribution >= 0.6 is 22.7 Å². The summed E-state index contributed by atoms with van der Waals surface area (Å²) in [6.07, 6.45) is 0. The summed E-state index contributed by atoms with van der Waals surface area (Å²) in [5.74, 6) is 1.70. The van der Waals surface area contributed by atoms with E-state index in [9.17, 15) is 4.79 Å². The fraction of sp³-hybridized carbons (Fsp3) is 0.250. The van der Waals surface area contributed by atoms with E-state index in [1.165, 1.54) is 22.7 Å². The molecule has 1 aliphatic rings. The Kier molecular flexibility index (Phi) is 6.06. The average Bonchev–Trinajstić information content (AvgIpc) is 3.43. The second kappa shape index (κ2) is 9.29. The fourth-order valence-electron chi connectivity index (χ4n) is 3.95. The molecule has 0 saturated carbocycles. The van der Waals surface area contributed by atoms with Gasteiger partial charge in [-0.15, -0.1) is 11.3 Å². The lowest BCUT2D eigenvalue weighted by Crippen LogP contribution is -2.48. The number of carbonyl (C=O) groups excluding carboxylic acids is 1. The molecule has 1 aliphatic heterocycles. The van der Waals surface area contributed by atoms with Gasteiger partial charge < -0.3 is 24.6 Å². The number of nitrogens with one attached hydrogen (secondary N) is 1. The highest BCUT2D eigenvalue weighted by Crippen LogP contribution is 2.36. The molecule has 1 N–H and O–H groups in total.